The quantitative estimate of drug-likeness (QED) is 0.890. The lowest BCUT2D eigenvalue weighted by atomic mass is 9.95. The molecule has 0 spiro atoms. The lowest BCUT2D eigenvalue weighted by molar-refractivity contribution is 0.361. The average Bonchev–Trinajstić information content (AvgIpc) is 2.45. The number of piperidine rings is 1. The van der Waals surface area contributed by atoms with Crippen molar-refractivity contribution in [3.05, 3.63) is 21.7 Å². The first kappa shape index (κ1) is 14.7. The van der Waals surface area contributed by atoms with Crippen LogP contribution in [0, 0.1) is 0 Å². The van der Waals surface area contributed by atoms with Gasteiger partial charge in [0.15, 0.2) is 11.5 Å². The van der Waals surface area contributed by atoms with Crippen molar-refractivity contribution in [1.29, 1.82) is 0 Å². The molecule has 0 aliphatic carbocycles. The van der Waals surface area contributed by atoms with Gasteiger partial charge in [-0.05, 0) is 43.9 Å². The number of benzene rings is 1. The molecule has 106 valence electrons. The molecule has 0 bridgehead atoms. The number of phenolic OH excluding ortho intramolecular Hbond substituents is 1. The van der Waals surface area contributed by atoms with Gasteiger partial charge in [0, 0.05) is 16.1 Å². The van der Waals surface area contributed by atoms with E-state index >= 15 is 0 Å². The van der Waals surface area contributed by atoms with Crippen molar-refractivity contribution in [3.8, 4) is 11.5 Å². The molecule has 1 saturated heterocycles. The second kappa shape index (κ2) is 6.62. The molecule has 0 aromatic heterocycles. The van der Waals surface area contributed by atoms with Gasteiger partial charge in [-0.3, -0.25) is 0 Å². The van der Waals surface area contributed by atoms with Crippen molar-refractivity contribution in [2.24, 2.45) is 0 Å². The summed E-state index contributed by atoms with van der Waals surface area (Å²) < 4.78 is 6.31. The number of ether oxygens (including phenoxy) is 1. The maximum absolute atomic E-state index is 10.3. The summed E-state index contributed by atoms with van der Waals surface area (Å²) in [4.78, 5) is 0. The third kappa shape index (κ3) is 3.23. The molecule has 1 aromatic carbocycles. The van der Waals surface area contributed by atoms with Crippen molar-refractivity contribution in [3.63, 3.8) is 0 Å². The fourth-order valence-corrected chi connectivity index (χ4v) is 3.42. The summed E-state index contributed by atoms with van der Waals surface area (Å²) in [6.07, 6.45) is 5.45. The van der Waals surface area contributed by atoms with Crippen LogP contribution >= 0.6 is 15.9 Å². The molecule has 0 amide bonds. The van der Waals surface area contributed by atoms with E-state index in [0.29, 0.717) is 11.8 Å². The third-order valence-electron chi connectivity index (χ3n) is 3.84. The van der Waals surface area contributed by atoms with Gasteiger partial charge in [0.25, 0.3) is 0 Å². The number of aryl methyl sites for hydroxylation is 1. The highest BCUT2D eigenvalue weighted by atomic mass is 79.9. The van der Waals surface area contributed by atoms with Gasteiger partial charge in [0.1, 0.15) is 0 Å². The van der Waals surface area contributed by atoms with Gasteiger partial charge in [-0.15, -0.1) is 0 Å². The molecule has 0 radical (unpaired) electrons. The van der Waals surface area contributed by atoms with Crippen LogP contribution < -0.4 is 10.1 Å². The molecule has 2 N–H and O–H groups in total. The maximum Gasteiger partial charge on any atom is 0.162 e. The monoisotopic (exact) mass is 327 g/mol. The zero-order valence-corrected chi connectivity index (χ0v) is 13.2. The Morgan fingerprint density at radius 1 is 1.47 bits per heavy atom. The average molecular weight is 328 g/mol. The first-order valence-corrected chi connectivity index (χ1v) is 7.77. The minimum absolute atomic E-state index is 0.277. The lowest BCUT2D eigenvalue weighted by Crippen LogP contribution is -2.35. The molecule has 1 atom stereocenters. The summed E-state index contributed by atoms with van der Waals surface area (Å²) >= 11 is 3.64. The van der Waals surface area contributed by atoms with Gasteiger partial charge in [0.05, 0.1) is 7.11 Å². The minimum atomic E-state index is 0.277. The Kier molecular flexibility index (Phi) is 5.11. The van der Waals surface area contributed by atoms with E-state index in [-0.39, 0.29) is 5.75 Å². The fourth-order valence-electron chi connectivity index (χ4n) is 2.68. The van der Waals surface area contributed by atoms with Crippen LogP contribution in [0.25, 0.3) is 0 Å². The molecule has 3 nitrogen and oxygen atoms in total. The second-order valence-corrected chi connectivity index (χ2v) is 5.88. The Bertz CT molecular complexity index is 414. The van der Waals surface area contributed by atoms with Gasteiger partial charge >= 0.3 is 0 Å². The number of nitrogens with one attached hydrogen (secondary N) is 1. The van der Waals surface area contributed by atoms with E-state index in [0.717, 1.165) is 29.4 Å². The summed E-state index contributed by atoms with van der Waals surface area (Å²) in [7, 11) is 1.60. The third-order valence-corrected chi connectivity index (χ3v) is 4.82. The van der Waals surface area contributed by atoms with Gasteiger partial charge < -0.3 is 15.2 Å². The van der Waals surface area contributed by atoms with Crippen LogP contribution in [0.5, 0.6) is 11.5 Å². The zero-order valence-electron chi connectivity index (χ0n) is 11.6. The van der Waals surface area contributed by atoms with Gasteiger partial charge in [-0.25, -0.2) is 0 Å². The Morgan fingerprint density at radius 3 is 2.84 bits per heavy atom. The van der Waals surface area contributed by atoms with Gasteiger partial charge in [0.2, 0.25) is 0 Å². The van der Waals surface area contributed by atoms with E-state index in [1.165, 1.54) is 24.8 Å². The molecule has 4 heteroatoms. The van der Waals surface area contributed by atoms with Crippen LogP contribution in [0.1, 0.15) is 37.3 Å². The van der Waals surface area contributed by atoms with Crippen molar-refractivity contribution in [2.75, 3.05) is 13.7 Å². The van der Waals surface area contributed by atoms with E-state index < -0.39 is 0 Å². The highest BCUT2D eigenvalue weighted by Crippen LogP contribution is 2.39. The summed E-state index contributed by atoms with van der Waals surface area (Å²) in [6.45, 7) is 3.19. The number of rotatable bonds is 4. The van der Waals surface area contributed by atoms with Crippen LogP contribution in [0.15, 0.2) is 10.5 Å². The fraction of sp³-hybridized carbons (Fsp3) is 0.600. The number of halogens is 1. The zero-order chi connectivity index (χ0) is 13.8. The number of phenols is 1. The van der Waals surface area contributed by atoms with Gasteiger partial charge in [-0.2, -0.15) is 0 Å². The molecule has 2 rings (SSSR count). The van der Waals surface area contributed by atoms with Crippen LogP contribution in [0.2, 0.25) is 0 Å². The second-order valence-electron chi connectivity index (χ2n) is 5.08. The SMILES string of the molecule is CCc1cc(OC)c(O)c(CC2CCCCN2)c1Br. The van der Waals surface area contributed by atoms with Crippen molar-refractivity contribution in [2.45, 2.75) is 45.1 Å². The highest BCUT2D eigenvalue weighted by Gasteiger charge is 2.20. The molecule has 1 fully saturated rings. The van der Waals surface area contributed by atoms with E-state index in [1.54, 1.807) is 7.11 Å². The standard InChI is InChI=1S/C15H22BrNO2/c1-3-10-8-13(19-2)15(18)12(14(10)16)9-11-6-4-5-7-17-11/h8,11,17-18H,3-7,9H2,1-2H3. The number of methoxy groups -OCH3 is 1. The van der Waals surface area contributed by atoms with Crippen LogP contribution in [0.4, 0.5) is 0 Å². The summed E-state index contributed by atoms with van der Waals surface area (Å²) in [5.74, 6) is 0.852. The molecular formula is C15H22BrNO2. The van der Waals surface area contributed by atoms with Crippen LogP contribution in [0.3, 0.4) is 0 Å². The van der Waals surface area contributed by atoms with E-state index in [4.69, 9.17) is 4.74 Å². The van der Waals surface area contributed by atoms with E-state index in [1.807, 2.05) is 6.07 Å². The first-order valence-electron chi connectivity index (χ1n) is 6.98. The molecule has 1 aliphatic heterocycles. The molecule has 0 saturated carbocycles. The first-order chi connectivity index (χ1) is 9.17. The van der Waals surface area contributed by atoms with Crippen molar-refractivity contribution < 1.29 is 9.84 Å². The summed E-state index contributed by atoms with van der Waals surface area (Å²) in [5.41, 5.74) is 2.15. The van der Waals surface area contributed by atoms with Crippen molar-refractivity contribution in [1.82, 2.24) is 5.32 Å². The number of hydrogen-bond donors (Lipinski definition) is 2. The summed E-state index contributed by atoms with van der Waals surface area (Å²) in [6, 6.07) is 2.37. The Labute approximate surface area is 123 Å². The Morgan fingerprint density at radius 2 is 2.26 bits per heavy atom. The number of hydrogen-bond acceptors (Lipinski definition) is 3. The normalized spacial score (nSPS) is 19.4. The van der Waals surface area contributed by atoms with Crippen molar-refractivity contribution >= 4 is 15.9 Å². The van der Waals surface area contributed by atoms with E-state index in [2.05, 4.69) is 28.2 Å². The van der Waals surface area contributed by atoms with E-state index in [9.17, 15) is 5.11 Å². The lowest BCUT2D eigenvalue weighted by Gasteiger charge is -2.25. The molecule has 1 aromatic rings. The molecule has 1 aliphatic rings. The predicted molar refractivity (Wildman–Crippen MR) is 81.1 cm³/mol. The van der Waals surface area contributed by atoms with Gasteiger partial charge in [-0.1, -0.05) is 29.3 Å². The van der Waals surface area contributed by atoms with Crippen LogP contribution in [-0.2, 0) is 12.8 Å². The maximum atomic E-state index is 10.3. The topological polar surface area (TPSA) is 41.5 Å². The molecule has 1 heterocycles. The van der Waals surface area contributed by atoms with Crippen LogP contribution in [-0.4, -0.2) is 24.8 Å². The Hall–Kier alpha value is -0.740. The molecular weight excluding hydrogens is 306 g/mol. The Balaban J connectivity index is 2.31. The predicted octanol–water partition coefficient (Wildman–Crippen LogP) is 3.41. The largest absolute Gasteiger partial charge is 0.504 e. The minimum Gasteiger partial charge on any atom is -0.504 e. The highest BCUT2D eigenvalue weighted by molar-refractivity contribution is 9.10. The number of aromatic hydroxyl groups is 1. The summed E-state index contributed by atoms with van der Waals surface area (Å²) in [5, 5.41) is 13.9. The smallest absolute Gasteiger partial charge is 0.162 e. The molecule has 19 heavy (non-hydrogen) atoms. The molecule has 1 unspecified atom stereocenters.